The van der Waals surface area contributed by atoms with Crippen LogP contribution in [0.4, 0.5) is 10.5 Å². The van der Waals surface area contributed by atoms with Crippen LogP contribution in [0.1, 0.15) is 18.1 Å². The zero-order valence-corrected chi connectivity index (χ0v) is 14.2. The first-order valence-corrected chi connectivity index (χ1v) is 7.86. The third-order valence-corrected chi connectivity index (χ3v) is 3.63. The summed E-state index contributed by atoms with van der Waals surface area (Å²) in [5.41, 5.74) is 2.15. The van der Waals surface area contributed by atoms with Crippen LogP contribution in [0.15, 0.2) is 54.6 Å². The third-order valence-electron chi connectivity index (χ3n) is 3.63. The molecule has 0 spiro atoms. The second kappa shape index (κ2) is 8.50. The van der Waals surface area contributed by atoms with E-state index in [0.717, 1.165) is 5.56 Å². The van der Waals surface area contributed by atoms with Gasteiger partial charge in [0.25, 0.3) is 0 Å². The van der Waals surface area contributed by atoms with Gasteiger partial charge in [0.2, 0.25) is 5.91 Å². The summed E-state index contributed by atoms with van der Waals surface area (Å²) in [6, 6.07) is 17.0. The van der Waals surface area contributed by atoms with Gasteiger partial charge in [-0.15, -0.1) is 0 Å². The Bertz CT molecular complexity index is 766. The summed E-state index contributed by atoms with van der Waals surface area (Å²) in [4.78, 5) is 25.9. The molecule has 2 rings (SSSR count). The number of amides is 3. The summed E-state index contributed by atoms with van der Waals surface area (Å²) < 4.78 is 0. The van der Waals surface area contributed by atoms with Crippen LogP contribution < -0.4 is 10.6 Å². The average Bonchev–Trinajstić information content (AvgIpc) is 2.62. The number of anilines is 1. The average molecular weight is 336 g/mol. The zero-order valence-electron chi connectivity index (χ0n) is 14.2. The highest BCUT2D eigenvalue weighted by Gasteiger charge is 2.19. The molecule has 25 heavy (non-hydrogen) atoms. The molecular formula is C19H20N4O2. The van der Waals surface area contributed by atoms with Gasteiger partial charge in [-0.25, -0.2) is 4.79 Å². The van der Waals surface area contributed by atoms with Gasteiger partial charge in [-0.2, -0.15) is 5.26 Å². The molecule has 0 saturated heterocycles. The number of nitrogens with one attached hydrogen (secondary N) is 2. The number of hydrogen-bond acceptors (Lipinski definition) is 3. The van der Waals surface area contributed by atoms with Crippen LogP contribution in [0.5, 0.6) is 0 Å². The van der Waals surface area contributed by atoms with Crippen molar-refractivity contribution in [3.05, 3.63) is 65.7 Å². The largest absolute Gasteiger partial charge is 0.340 e. The molecule has 0 bridgehead atoms. The van der Waals surface area contributed by atoms with Crippen LogP contribution in [0.2, 0.25) is 0 Å². The van der Waals surface area contributed by atoms with E-state index in [9.17, 15) is 9.59 Å². The van der Waals surface area contributed by atoms with Crippen LogP contribution in [-0.4, -0.2) is 29.9 Å². The maximum absolute atomic E-state index is 12.4. The Morgan fingerprint density at radius 1 is 1.12 bits per heavy atom. The fourth-order valence-corrected chi connectivity index (χ4v) is 2.31. The molecule has 0 fully saturated rings. The maximum Gasteiger partial charge on any atom is 0.319 e. The number of urea groups is 1. The van der Waals surface area contributed by atoms with E-state index < -0.39 is 12.1 Å². The van der Waals surface area contributed by atoms with Crippen LogP contribution in [0, 0.1) is 11.3 Å². The Labute approximate surface area is 147 Å². The smallest absolute Gasteiger partial charge is 0.319 e. The van der Waals surface area contributed by atoms with Crippen LogP contribution in [0.3, 0.4) is 0 Å². The van der Waals surface area contributed by atoms with Crippen molar-refractivity contribution in [2.75, 3.05) is 12.4 Å². The SMILES string of the molecule is C[C@@H](NC(=O)Nc1ccccc1)C(=O)N(C)Cc1ccc(C#N)cc1. The van der Waals surface area contributed by atoms with Crippen molar-refractivity contribution < 1.29 is 9.59 Å². The second-order valence-electron chi connectivity index (χ2n) is 5.69. The summed E-state index contributed by atoms with van der Waals surface area (Å²) in [7, 11) is 1.67. The third kappa shape index (κ3) is 5.36. The summed E-state index contributed by atoms with van der Waals surface area (Å²) in [6.07, 6.45) is 0. The molecule has 0 aliphatic carbocycles. The fourth-order valence-electron chi connectivity index (χ4n) is 2.31. The zero-order chi connectivity index (χ0) is 18.2. The van der Waals surface area contributed by atoms with Crippen LogP contribution in [0.25, 0.3) is 0 Å². The van der Waals surface area contributed by atoms with Gasteiger partial charge in [-0.3, -0.25) is 4.79 Å². The minimum absolute atomic E-state index is 0.201. The van der Waals surface area contributed by atoms with E-state index in [1.54, 1.807) is 38.2 Å². The van der Waals surface area contributed by atoms with Gasteiger partial charge >= 0.3 is 6.03 Å². The number of nitriles is 1. The van der Waals surface area contributed by atoms with E-state index in [0.29, 0.717) is 17.8 Å². The molecule has 0 heterocycles. The molecule has 2 aromatic rings. The van der Waals surface area contributed by atoms with E-state index in [4.69, 9.17) is 5.26 Å². The highest BCUT2D eigenvalue weighted by molar-refractivity contribution is 5.93. The lowest BCUT2D eigenvalue weighted by Gasteiger charge is -2.22. The number of benzene rings is 2. The first-order valence-electron chi connectivity index (χ1n) is 7.86. The van der Waals surface area contributed by atoms with Gasteiger partial charge in [-0.1, -0.05) is 30.3 Å². The fraction of sp³-hybridized carbons (Fsp3) is 0.211. The molecule has 128 valence electrons. The number of likely N-dealkylation sites (N-methyl/N-ethyl adjacent to an activating group) is 1. The Hall–Kier alpha value is -3.33. The van der Waals surface area contributed by atoms with Crippen molar-refractivity contribution in [1.29, 1.82) is 5.26 Å². The van der Waals surface area contributed by atoms with Crippen molar-refractivity contribution in [1.82, 2.24) is 10.2 Å². The molecule has 0 aliphatic rings. The molecule has 6 nitrogen and oxygen atoms in total. The second-order valence-corrected chi connectivity index (χ2v) is 5.69. The molecule has 2 N–H and O–H groups in total. The van der Waals surface area contributed by atoms with E-state index in [-0.39, 0.29) is 5.91 Å². The molecule has 2 aromatic carbocycles. The number of hydrogen-bond donors (Lipinski definition) is 2. The number of para-hydroxylation sites is 1. The maximum atomic E-state index is 12.4. The molecule has 0 unspecified atom stereocenters. The molecule has 1 atom stereocenters. The number of nitrogens with zero attached hydrogens (tertiary/aromatic N) is 2. The lowest BCUT2D eigenvalue weighted by molar-refractivity contribution is -0.131. The predicted molar refractivity (Wildman–Crippen MR) is 95.7 cm³/mol. The Balaban J connectivity index is 1.87. The van der Waals surface area contributed by atoms with Crippen molar-refractivity contribution in [3.63, 3.8) is 0 Å². The monoisotopic (exact) mass is 336 g/mol. The predicted octanol–water partition coefficient (Wildman–Crippen LogP) is 2.73. The van der Waals surface area contributed by atoms with Crippen molar-refractivity contribution >= 4 is 17.6 Å². The van der Waals surface area contributed by atoms with Crippen LogP contribution in [-0.2, 0) is 11.3 Å². The minimum Gasteiger partial charge on any atom is -0.340 e. The van der Waals surface area contributed by atoms with Gasteiger partial charge in [0.15, 0.2) is 0 Å². The normalized spacial score (nSPS) is 11.1. The van der Waals surface area contributed by atoms with E-state index in [2.05, 4.69) is 16.7 Å². The van der Waals surface area contributed by atoms with Gasteiger partial charge in [0, 0.05) is 19.3 Å². The number of carbonyl (C=O) groups excluding carboxylic acids is 2. The molecule has 6 heteroatoms. The van der Waals surface area contributed by atoms with E-state index >= 15 is 0 Å². The lowest BCUT2D eigenvalue weighted by Crippen LogP contribution is -2.46. The van der Waals surface area contributed by atoms with Gasteiger partial charge in [-0.05, 0) is 36.8 Å². The lowest BCUT2D eigenvalue weighted by atomic mass is 10.1. The molecule has 0 saturated carbocycles. The first-order chi connectivity index (χ1) is 12.0. The minimum atomic E-state index is -0.660. The standard InChI is InChI=1S/C19H20N4O2/c1-14(21-19(25)22-17-6-4-3-5-7-17)18(24)23(2)13-16-10-8-15(12-20)9-11-16/h3-11,14H,13H2,1-2H3,(H2,21,22,25)/t14-/m1/s1. The number of carbonyl (C=O) groups is 2. The summed E-state index contributed by atoms with van der Waals surface area (Å²) in [5.74, 6) is -0.201. The summed E-state index contributed by atoms with van der Waals surface area (Å²) in [6.45, 7) is 2.04. The summed E-state index contributed by atoms with van der Waals surface area (Å²) >= 11 is 0. The molecule has 0 aromatic heterocycles. The van der Waals surface area contributed by atoms with E-state index in [1.165, 1.54) is 4.90 Å². The Morgan fingerprint density at radius 2 is 1.76 bits per heavy atom. The van der Waals surface area contributed by atoms with Crippen LogP contribution >= 0.6 is 0 Å². The molecule has 0 aliphatic heterocycles. The molecule has 0 radical (unpaired) electrons. The number of rotatable bonds is 5. The summed E-state index contributed by atoms with van der Waals surface area (Å²) in [5, 5.41) is 14.1. The van der Waals surface area contributed by atoms with Gasteiger partial charge < -0.3 is 15.5 Å². The van der Waals surface area contributed by atoms with Gasteiger partial charge in [0.1, 0.15) is 6.04 Å². The van der Waals surface area contributed by atoms with E-state index in [1.807, 2.05) is 30.3 Å². The topological polar surface area (TPSA) is 85.2 Å². The van der Waals surface area contributed by atoms with Crippen molar-refractivity contribution in [2.24, 2.45) is 0 Å². The quantitative estimate of drug-likeness (QED) is 0.880. The first kappa shape index (κ1) is 18.0. The highest BCUT2D eigenvalue weighted by Crippen LogP contribution is 2.08. The molecular weight excluding hydrogens is 316 g/mol. The highest BCUT2D eigenvalue weighted by atomic mass is 16.2. The Kier molecular flexibility index (Phi) is 6.13. The molecule has 3 amide bonds. The van der Waals surface area contributed by atoms with Crippen molar-refractivity contribution in [2.45, 2.75) is 19.5 Å². The Morgan fingerprint density at radius 3 is 2.36 bits per heavy atom. The van der Waals surface area contributed by atoms with Crippen molar-refractivity contribution in [3.8, 4) is 6.07 Å². The van der Waals surface area contributed by atoms with Gasteiger partial charge in [0.05, 0.1) is 11.6 Å².